The Morgan fingerprint density at radius 1 is 0.676 bits per heavy atom. The normalized spacial score (nSPS) is 13.2. The van der Waals surface area contributed by atoms with Gasteiger partial charge < -0.3 is 0 Å². The molecular formula is C37H30. The van der Waals surface area contributed by atoms with Crippen LogP contribution in [0.3, 0.4) is 0 Å². The second kappa shape index (κ2) is 8.91. The Labute approximate surface area is 218 Å². The van der Waals surface area contributed by atoms with Crippen molar-refractivity contribution >= 4 is 55.2 Å². The van der Waals surface area contributed by atoms with Gasteiger partial charge in [-0.1, -0.05) is 124 Å². The third-order valence-electron chi connectivity index (χ3n) is 7.77. The number of rotatable bonds is 3. The van der Waals surface area contributed by atoms with Crippen LogP contribution in [-0.4, -0.2) is 0 Å². The standard InChI is InChI=1S/C36H26.CH4/c1-23-16-19-32-33(36-30-14-8-6-12-27(30)22-28-13-7-9-15-31(28)36)21-18-26-17-20-29(34(23)35(26)32)24(2)25-10-4-3-5-11-25;/h3-4,6-10,12-22H,1-2,5,11H2;1H4. The lowest BCUT2D eigenvalue weighted by molar-refractivity contribution is 0.997. The van der Waals surface area contributed by atoms with Crippen LogP contribution >= 0.6 is 0 Å². The maximum atomic E-state index is 4.55. The molecule has 0 radical (unpaired) electrons. The van der Waals surface area contributed by atoms with Crippen molar-refractivity contribution in [3.05, 3.63) is 132 Å². The van der Waals surface area contributed by atoms with Gasteiger partial charge in [-0.3, -0.25) is 0 Å². The summed E-state index contributed by atoms with van der Waals surface area (Å²) in [5.74, 6) is 0. The first kappa shape index (κ1) is 23.0. The Morgan fingerprint density at radius 2 is 1.38 bits per heavy atom. The minimum atomic E-state index is 0. The molecule has 0 bridgehead atoms. The maximum Gasteiger partial charge on any atom is -0.00206 e. The van der Waals surface area contributed by atoms with E-state index in [9.17, 15) is 0 Å². The van der Waals surface area contributed by atoms with Crippen LogP contribution in [0.2, 0.25) is 0 Å². The van der Waals surface area contributed by atoms with Crippen LogP contribution in [0.25, 0.3) is 66.4 Å². The number of benzene rings is 6. The van der Waals surface area contributed by atoms with Crippen LogP contribution in [0.1, 0.15) is 25.8 Å². The number of hydrogen-bond donors (Lipinski definition) is 0. The summed E-state index contributed by atoms with van der Waals surface area (Å²) in [6, 6.07) is 33.3. The van der Waals surface area contributed by atoms with Gasteiger partial charge in [-0.2, -0.15) is 0 Å². The van der Waals surface area contributed by atoms with Crippen molar-refractivity contribution in [3.8, 4) is 11.1 Å². The molecule has 0 heterocycles. The zero-order chi connectivity index (χ0) is 24.2. The largest absolute Gasteiger partial charge is 0.0911 e. The van der Waals surface area contributed by atoms with E-state index in [1.807, 2.05) is 0 Å². The van der Waals surface area contributed by atoms with E-state index in [4.69, 9.17) is 0 Å². The van der Waals surface area contributed by atoms with Gasteiger partial charge in [0.15, 0.2) is 0 Å². The van der Waals surface area contributed by atoms with Gasteiger partial charge in [-0.25, -0.2) is 0 Å². The third-order valence-corrected chi connectivity index (χ3v) is 7.77. The summed E-state index contributed by atoms with van der Waals surface area (Å²) >= 11 is 0. The van der Waals surface area contributed by atoms with Crippen LogP contribution in [0.15, 0.2) is 121 Å². The molecule has 37 heavy (non-hydrogen) atoms. The molecule has 1 aliphatic rings. The third kappa shape index (κ3) is 3.52. The summed E-state index contributed by atoms with van der Waals surface area (Å²) in [6.45, 7) is 9.01. The summed E-state index contributed by atoms with van der Waals surface area (Å²) in [5.41, 5.74) is 6.18. The first-order valence-corrected chi connectivity index (χ1v) is 12.6. The van der Waals surface area contributed by atoms with Gasteiger partial charge in [-0.15, -0.1) is 0 Å². The Morgan fingerprint density at radius 3 is 2.08 bits per heavy atom. The van der Waals surface area contributed by atoms with E-state index in [-0.39, 0.29) is 7.43 Å². The molecule has 0 nitrogen and oxygen atoms in total. The van der Waals surface area contributed by atoms with Gasteiger partial charge in [-0.05, 0) is 95.1 Å². The Hall–Kier alpha value is -4.42. The van der Waals surface area contributed by atoms with Crippen molar-refractivity contribution in [2.75, 3.05) is 0 Å². The molecule has 1 aliphatic carbocycles. The molecule has 6 aromatic carbocycles. The van der Waals surface area contributed by atoms with Crippen molar-refractivity contribution in [2.24, 2.45) is 0 Å². The topological polar surface area (TPSA) is 0 Å². The number of hydrogen-bond acceptors (Lipinski definition) is 0. The summed E-state index contributed by atoms with van der Waals surface area (Å²) in [6.07, 6.45) is 8.69. The number of fused-ring (bicyclic) bond motifs is 2. The first-order chi connectivity index (χ1) is 17.7. The lowest BCUT2D eigenvalue weighted by atomic mass is 9.84. The second-order valence-electron chi connectivity index (χ2n) is 9.80. The van der Waals surface area contributed by atoms with Crippen LogP contribution in [0.4, 0.5) is 0 Å². The molecule has 6 aromatic rings. The Bertz CT molecular complexity index is 1910. The molecule has 0 atom stereocenters. The fourth-order valence-electron chi connectivity index (χ4n) is 6.02. The van der Waals surface area contributed by atoms with Crippen molar-refractivity contribution in [1.29, 1.82) is 0 Å². The second-order valence-corrected chi connectivity index (χ2v) is 9.80. The number of allylic oxidation sites excluding steroid dienone is 5. The van der Waals surface area contributed by atoms with Crippen molar-refractivity contribution in [3.63, 3.8) is 0 Å². The van der Waals surface area contributed by atoms with E-state index >= 15 is 0 Å². The molecule has 0 spiro atoms. The quantitative estimate of drug-likeness (QED) is 0.224. The fraction of sp³-hybridized carbons (Fsp3) is 0.0811. The molecule has 0 unspecified atom stereocenters. The van der Waals surface area contributed by atoms with Crippen LogP contribution in [0, 0.1) is 0 Å². The predicted octanol–water partition coefficient (Wildman–Crippen LogP) is 10.0. The summed E-state index contributed by atoms with van der Waals surface area (Å²) < 4.78 is 0. The lowest BCUT2D eigenvalue weighted by Crippen LogP contribution is -2.04. The van der Waals surface area contributed by atoms with Gasteiger partial charge in [0.05, 0.1) is 0 Å². The highest BCUT2D eigenvalue weighted by molar-refractivity contribution is 6.23. The average molecular weight is 475 g/mol. The van der Waals surface area contributed by atoms with E-state index in [1.165, 1.54) is 65.4 Å². The van der Waals surface area contributed by atoms with Gasteiger partial charge in [0.25, 0.3) is 0 Å². The van der Waals surface area contributed by atoms with Gasteiger partial charge >= 0.3 is 0 Å². The molecule has 0 fully saturated rings. The molecule has 0 amide bonds. The molecule has 0 saturated carbocycles. The minimum Gasteiger partial charge on any atom is -0.0911 e. The first-order valence-electron chi connectivity index (χ1n) is 12.6. The summed E-state index contributed by atoms with van der Waals surface area (Å²) in [5, 5.41) is 11.2. The van der Waals surface area contributed by atoms with E-state index < -0.39 is 0 Å². The highest BCUT2D eigenvalue weighted by Crippen LogP contribution is 2.42. The van der Waals surface area contributed by atoms with Crippen LogP contribution in [0.5, 0.6) is 0 Å². The van der Waals surface area contributed by atoms with Crippen LogP contribution in [-0.2, 0) is 0 Å². The van der Waals surface area contributed by atoms with E-state index in [0.29, 0.717) is 0 Å². The Balaban J connectivity index is 0.00000252. The fourth-order valence-corrected chi connectivity index (χ4v) is 6.02. The van der Waals surface area contributed by atoms with E-state index in [1.54, 1.807) is 0 Å². The molecule has 7 rings (SSSR count). The van der Waals surface area contributed by atoms with E-state index in [0.717, 1.165) is 23.6 Å². The Kier molecular flexibility index (Phi) is 5.54. The minimum absolute atomic E-state index is 0. The average Bonchev–Trinajstić information content (AvgIpc) is 2.93. The SMILES string of the molecule is C.C=C(C1=CC=CCC1)c1ccc2ccc(-c3c4ccccc4cc4ccccc34)c3ccc(=C)c1c23. The molecule has 0 aliphatic heterocycles. The monoisotopic (exact) mass is 474 g/mol. The zero-order valence-corrected chi connectivity index (χ0v) is 20.2. The van der Waals surface area contributed by atoms with Crippen molar-refractivity contribution in [2.45, 2.75) is 20.3 Å². The molecule has 0 N–H and O–H groups in total. The highest BCUT2D eigenvalue weighted by atomic mass is 14.2. The van der Waals surface area contributed by atoms with Crippen LogP contribution < -0.4 is 5.22 Å². The predicted molar refractivity (Wildman–Crippen MR) is 165 cm³/mol. The molecule has 178 valence electrons. The van der Waals surface area contributed by atoms with Gasteiger partial charge in [0, 0.05) is 0 Å². The smallest absolute Gasteiger partial charge is 0.00206 e. The molecule has 0 aromatic heterocycles. The van der Waals surface area contributed by atoms with Gasteiger partial charge in [0.1, 0.15) is 0 Å². The molecule has 0 heteroatoms. The maximum absolute atomic E-state index is 4.55. The highest BCUT2D eigenvalue weighted by Gasteiger charge is 2.17. The van der Waals surface area contributed by atoms with Crippen molar-refractivity contribution in [1.82, 2.24) is 0 Å². The van der Waals surface area contributed by atoms with Gasteiger partial charge in [0.2, 0.25) is 0 Å². The molecular weight excluding hydrogens is 444 g/mol. The zero-order valence-electron chi connectivity index (χ0n) is 20.2. The summed E-state index contributed by atoms with van der Waals surface area (Å²) in [4.78, 5) is 0. The van der Waals surface area contributed by atoms with Crippen molar-refractivity contribution < 1.29 is 0 Å². The lowest BCUT2D eigenvalue weighted by Gasteiger charge is -2.19. The summed E-state index contributed by atoms with van der Waals surface area (Å²) in [7, 11) is 0. The molecule has 0 saturated heterocycles. The van der Waals surface area contributed by atoms with E-state index in [2.05, 4.69) is 122 Å².